The minimum Gasteiger partial charge on any atom is -0.497 e. The Morgan fingerprint density at radius 1 is 1.32 bits per heavy atom. The van der Waals surface area contributed by atoms with E-state index in [1.807, 2.05) is 24.3 Å². The van der Waals surface area contributed by atoms with E-state index in [-0.39, 0.29) is 30.1 Å². The van der Waals surface area contributed by atoms with E-state index in [1.165, 1.54) is 0 Å². The Morgan fingerprint density at radius 2 is 2.14 bits per heavy atom. The first-order valence-corrected chi connectivity index (χ1v) is 9.84. The van der Waals surface area contributed by atoms with E-state index in [0.717, 1.165) is 29.1 Å². The van der Waals surface area contributed by atoms with E-state index in [4.69, 9.17) is 9.47 Å². The van der Waals surface area contributed by atoms with Crippen molar-refractivity contribution in [3.8, 4) is 11.8 Å². The van der Waals surface area contributed by atoms with Gasteiger partial charge in [0.15, 0.2) is 11.5 Å². The van der Waals surface area contributed by atoms with Crippen molar-refractivity contribution in [1.29, 1.82) is 0 Å². The van der Waals surface area contributed by atoms with E-state index in [2.05, 4.69) is 34.1 Å². The number of ether oxygens (including phenoxy) is 2. The number of H-pyrrole nitrogens is 1. The summed E-state index contributed by atoms with van der Waals surface area (Å²) in [6.45, 7) is 4.38. The van der Waals surface area contributed by atoms with Crippen LogP contribution >= 0.6 is 11.3 Å². The third-order valence-corrected chi connectivity index (χ3v) is 4.96. The summed E-state index contributed by atoms with van der Waals surface area (Å²) >= 11 is 1.03. The highest BCUT2D eigenvalue weighted by atomic mass is 32.1. The number of fused-ring (bicyclic) bond motifs is 1. The number of hydrogen-bond donors (Lipinski definition) is 3. The molecule has 0 unspecified atom stereocenters. The van der Waals surface area contributed by atoms with Crippen LogP contribution in [-0.4, -0.2) is 39.8 Å². The number of hydrogen-bond acceptors (Lipinski definition) is 8. The zero-order valence-electron chi connectivity index (χ0n) is 16.1. The molecule has 2 aromatic heterocycles. The Hall–Kier alpha value is -2.65. The molecule has 3 N–H and O–H groups in total. The molecule has 8 nitrogen and oxygen atoms in total. The molecule has 28 heavy (non-hydrogen) atoms. The van der Waals surface area contributed by atoms with Crippen LogP contribution in [0.25, 0.3) is 10.3 Å². The average Bonchev–Trinajstić information content (AvgIpc) is 3.06. The number of rotatable bonds is 9. The van der Waals surface area contributed by atoms with E-state index in [0.29, 0.717) is 22.1 Å². The maximum Gasteiger partial charge on any atom is 0.320 e. The van der Waals surface area contributed by atoms with Gasteiger partial charge in [-0.2, -0.15) is 9.97 Å². The third-order valence-electron chi connectivity index (χ3n) is 4.08. The molecule has 0 aliphatic rings. The van der Waals surface area contributed by atoms with Gasteiger partial charge in [-0.3, -0.25) is 9.78 Å². The minimum absolute atomic E-state index is 0.0387. The van der Waals surface area contributed by atoms with Crippen LogP contribution in [0.5, 0.6) is 11.8 Å². The van der Waals surface area contributed by atoms with Gasteiger partial charge in [0.25, 0.3) is 0 Å². The van der Waals surface area contributed by atoms with Crippen LogP contribution in [0, 0.1) is 5.92 Å². The molecule has 3 aromatic rings. The minimum atomic E-state index is -0.221. The summed E-state index contributed by atoms with van der Waals surface area (Å²) in [5.41, 5.74) is 1.32. The smallest absolute Gasteiger partial charge is 0.320 e. The van der Waals surface area contributed by atoms with Gasteiger partial charge in [0.1, 0.15) is 17.1 Å². The molecule has 2 heterocycles. The van der Waals surface area contributed by atoms with Gasteiger partial charge in [-0.05, 0) is 30.0 Å². The Morgan fingerprint density at radius 3 is 2.86 bits per heavy atom. The normalized spacial score (nSPS) is 12.3. The molecular weight excluding hydrogens is 380 g/mol. The second-order valence-corrected chi connectivity index (χ2v) is 7.82. The maximum atomic E-state index is 11.8. The number of benzene rings is 1. The van der Waals surface area contributed by atoms with Gasteiger partial charge < -0.3 is 19.9 Å². The van der Waals surface area contributed by atoms with Gasteiger partial charge in [0, 0.05) is 0 Å². The Labute approximate surface area is 166 Å². The van der Waals surface area contributed by atoms with Gasteiger partial charge in [0.2, 0.25) is 0 Å². The van der Waals surface area contributed by atoms with Gasteiger partial charge in [-0.25, -0.2) is 0 Å². The summed E-state index contributed by atoms with van der Waals surface area (Å²) in [4.78, 5) is 23.0. The lowest BCUT2D eigenvalue weighted by molar-refractivity contribution is 0.258. The second-order valence-electron chi connectivity index (χ2n) is 6.84. The van der Waals surface area contributed by atoms with Crippen molar-refractivity contribution < 1.29 is 14.6 Å². The van der Waals surface area contributed by atoms with Crippen LogP contribution in [0.4, 0.5) is 5.82 Å². The van der Waals surface area contributed by atoms with Gasteiger partial charge in [0.05, 0.1) is 19.8 Å². The number of aromatic nitrogens is 3. The fourth-order valence-corrected chi connectivity index (χ4v) is 3.57. The lowest BCUT2D eigenvalue weighted by Crippen LogP contribution is -2.26. The quantitative estimate of drug-likeness (QED) is 0.503. The predicted molar refractivity (Wildman–Crippen MR) is 109 cm³/mol. The van der Waals surface area contributed by atoms with Crippen molar-refractivity contribution in [2.75, 3.05) is 19.0 Å². The van der Waals surface area contributed by atoms with Crippen LogP contribution in [0.2, 0.25) is 0 Å². The van der Waals surface area contributed by atoms with Crippen LogP contribution < -0.4 is 19.7 Å². The van der Waals surface area contributed by atoms with E-state index < -0.39 is 0 Å². The number of methoxy groups -OCH3 is 1. The van der Waals surface area contributed by atoms with Gasteiger partial charge >= 0.3 is 10.9 Å². The number of anilines is 1. The topological polar surface area (TPSA) is 109 Å². The SMILES string of the molecule is COc1cccc(COc2nc(N[C@@H](CO)CC(C)C)c3sc(=O)[nH]c3n2)c1. The number of aliphatic hydroxyl groups is 1. The Kier molecular flexibility index (Phi) is 6.48. The van der Waals surface area contributed by atoms with Crippen LogP contribution in [0.3, 0.4) is 0 Å². The molecule has 1 aromatic carbocycles. The molecule has 0 spiro atoms. The summed E-state index contributed by atoms with van der Waals surface area (Å²) in [6.07, 6.45) is 0.765. The second kappa shape index (κ2) is 9.03. The first-order chi connectivity index (χ1) is 13.5. The number of aromatic amines is 1. The molecule has 1 atom stereocenters. The van der Waals surface area contributed by atoms with Gasteiger partial charge in [-0.1, -0.05) is 37.3 Å². The number of nitrogens with zero attached hydrogens (tertiary/aromatic N) is 2. The van der Waals surface area contributed by atoms with Crippen molar-refractivity contribution in [3.63, 3.8) is 0 Å². The Balaban J connectivity index is 1.85. The summed E-state index contributed by atoms with van der Waals surface area (Å²) in [7, 11) is 1.61. The molecule has 9 heteroatoms. The molecule has 150 valence electrons. The highest BCUT2D eigenvalue weighted by Crippen LogP contribution is 2.26. The zero-order valence-corrected chi connectivity index (χ0v) is 16.9. The average molecular weight is 404 g/mol. The summed E-state index contributed by atoms with van der Waals surface area (Å²) in [5.74, 6) is 1.62. The molecule has 0 fully saturated rings. The number of thiazole rings is 1. The molecule has 3 rings (SSSR count). The standard InChI is InChI=1S/C19H24N4O4S/c1-11(2)7-13(9-24)20-16-15-17(23-19(25)28-15)22-18(21-16)27-10-12-5-4-6-14(8-12)26-3/h4-6,8,11,13,24H,7,9-10H2,1-3H3,(H2,20,21,22,23,25)/t13-/m1/s1. The highest BCUT2D eigenvalue weighted by molar-refractivity contribution is 7.16. The molecule has 0 aliphatic carbocycles. The van der Waals surface area contributed by atoms with E-state index in [1.54, 1.807) is 7.11 Å². The molecule has 0 bridgehead atoms. The van der Waals surface area contributed by atoms with Crippen molar-refractivity contribution >= 4 is 27.5 Å². The van der Waals surface area contributed by atoms with Crippen LogP contribution in [0.1, 0.15) is 25.8 Å². The summed E-state index contributed by atoms with van der Waals surface area (Å²) in [6, 6.07) is 7.48. The third kappa shape index (κ3) is 4.99. The molecule has 0 amide bonds. The van der Waals surface area contributed by atoms with Crippen molar-refractivity contribution in [2.24, 2.45) is 5.92 Å². The molecule has 0 saturated carbocycles. The Bertz CT molecular complexity index is 985. The number of nitrogens with one attached hydrogen (secondary N) is 2. The molecule has 0 aliphatic heterocycles. The van der Waals surface area contributed by atoms with Crippen LogP contribution in [-0.2, 0) is 6.61 Å². The monoisotopic (exact) mass is 404 g/mol. The fourth-order valence-electron chi connectivity index (χ4n) is 2.84. The lowest BCUT2D eigenvalue weighted by Gasteiger charge is -2.19. The van der Waals surface area contributed by atoms with Gasteiger partial charge in [-0.15, -0.1) is 0 Å². The van der Waals surface area contributed by atoms with E-state index in [9.17, 15) is 9.90 Å². The van der Waals surface area contributed by atoms with E-state index >= 15 is 0 Å². The predicted octanol–water partition coefficient (Wildman–Crippen LogP) is 2.79. The number of aliphatic hydroxyl groups excluding tert-OH is 1. The highest BCUT2D eigenvalue weighted by Gasteiger charge is 2.17. The largest absolute Gasteiger partial charge is 0.497 e. The molecule has 0 radical (unpaired) electrons. The molecule has 0 saturated heterocycles. The zero-order chi connectivity index (χ0) is 20.1. The lowest BCUT2D eigenvalue weighted by atomic mass is 10.0. The van der Waals surface area contributed by atoms with Crippen molar-refractivity contribution in [3.05, 3.63) is 39.5 Å². The summed E-state index contributed by atoms with van der Waals surface area (Å²) in [5, 5.41) is 12.9. The first kappa shape index (κ1) is 20.1. The fraction of sp³-hybridized carbons (Fsp3) is 0.421. The molecular formula is C19H24N4O4S. The van der Waals surface area contributed by atoms with Crippen LogP contribution in [0.15, 0.2) is 29.1 Å². The first-order valence-electron chi connectivity index (χ1n) is 9.02. The summed E-state index contributed by atoms with van der Waals surface area (Å²) < 4.78 is 11.6. The van der Waals surface area contributed by atoms with Crippen molar-refractivity contribution in [1.82, 2.24) is 15.0 Å². The van der Waals surface area contributed by atoms with Crippen molar-refractivity contribution in [2.45, 2.75) is 32.9 Å². The maximum absolute atomic E-state index is 11.8.